The van der Waals surface area contributed by atoms with Gasteiger partial charge in [-0.25, -0.2) is 0 Å². The summed E-state index contributed by atoms with van der Waals surface area (Å²) in [4.78, 5) is 25.5. The Labute approximate surface area is 142 Å². The average molecular weight is 322 g/mol. The fourth-order valence-electron chi connectivity index (χ4n) is 2.48. The fourth-order valence-corrected chi connectivity index (χ4v) is 2.48. The van der Waals surface area contributed by atoms with Gasteiger partial charge in [0.25, 0.3) is 5.91 Å². The zero-order valence-corrected chi connectivity index (χ0v) is 14.1. The van der Waals surface area contributed by atoms with Gasteiger partial charge in [-0.1, -0.05) is 36.4 Å². The summed E-state index contributed by atoms with van der Waals surface area (Å²) in [5, 5.41) is 3.01. The summed E-state index contributed by atoms with van der Waals surface area (Å²) >= 11 is 0. The van der Waals surface area contributed by atoms with Crippen LogP contribution in [0.5, 0.6) is 0 Å². The molecule has 0 heterocycles. The Hall–Kier alpha value is -2.62. The quantitative estimate of drug-likeness (QED) is 0.920. The predicted octanol–water partition coefficient (Wildman–Crippen LogP) is 2.88. The van der Waals surface area contributed by atoms with Crippen molar-refractivity contribution < 1.29 is 9.59 Å². The van der Waals surface area contributed by atoms with Crippen molar-refractivity contribution in [2.24, 2.45) is 0 Å². The van der Waals surface area contributed by atoms with Crippen LogP contribution in [0.25, 0.3) is 11.1 Å². The van der Waals surface area contributed by atoms with Crippen molar-refractivity contribution in [2.45, 2.75) is 25.3 Å². The summed E-state index contributed by atoms with van der Waals surface area (Å²) in [6.07, 6.45) is 2.56. The van der Waals surface area contributed by atoms with Crippen LogP contribution in [0, 0.1) is 0 Å². The third-order valence-corrected chi connectivity index (χ3v) is 4.18. The standard InChI is InChI=1S/C20H22N2O2/c1-22(2)19(23)12-14-6-8-15(9-7-14)16-4-3-5-17(13-16)20(24)21-18-10-11-18/h3-9,13,18H,10-12H2,1-2H3,(H,21,24). The number of amides is 2. The highest BCUT2D eigenvalue weighted by Gasteiger charge is 2.23. The zero-order chi connectivity index (χ0) is 17.1. The van der Waals surface area contributed by atoms with Crippen LogP contribution in [0.4, 0.5) is 0 Å². The second kappa shape index (κ2) is 6.87. The smallest absolute Gasteiger partial charge is 0.251 e. The molecule has 0 aromatic heterocycles. The first-order chi connectivity index (χ1) is 11.5. The Morgan fingerprint density at radius 1 is 1.04 bits per heavy atom. The van der Waals surface area contributed by atoms with Crippen molar-refractivity contribution in [3.63, 3.8) is 0 Å². The van der Waals surface area contributed by atoms with Gasteiger partial charge >= 0.3 is 0 Å². The van der Waals surface area contributed by atoms with Gasteiger partial charge in [0.1, 0.15) is 0 Å². The molecule has 2 aromatic rings. The number of benzene rings is 2. The third kappa shape index (κ3) is 4.02. The summed E-state index contributed by atoms with van der Waals surface area (Å²) < 4.78 is 0. The molecule has 0 saturated heterocycles. The van der Waals surface area contributed by atoms with Gasteiger partial charge in [0.05, 0.1) is 6.42 Å². The molecule has 0 bridgehead atoms. The van der Waals surface area contributed by atoms with Crippen LogP contribution >= 0.6 is 0 Å². The zero-order valence-electron chi connectivity index (χ0n) is 14.1. The maximum absolute atomic E-state index is 12.2. The number of rotatable bonds is 5. The van der Waals surface area contributed by atoms with Gasteiger partial charge in [0, 0.05) is 25.7 Å². The highest BCUT2D eigenvalue weighted by molar-refractivity contribution is 5.95. The number of nitrogens with zero attached hydrogens (tertiary/aromatic N) is 1. The van der Waals surface area contributed by atoms with E-state index in [4.69, 9.17) is 0 Å². The van der Waals surface area contributed by atoms with Crippen LogP contribution in [0.2, 0.25) is 0 Å². The lowest BCUT2D eigenvalue weighted by Crippen LogP contribution is -2.25. The number of hydrogen-bond donors (Lipinski definition) is 1. The van der Waals surface area contributed by atoms with Gasteiger partial charge in [0.15, 0.2) is 0 Å². The van der Waals surface area contributed by atoms with Crippen LogP contribution in [-0.2, 0) is 11.2 Å². The van der Waals surface area contributed by atoms with Crippen LogP contribution in [0.15, 0.2) is 48.5 Å². The molecule has 0 radical (unpaired) electrons. The van der Waals surface area contributed by atoms with Crippen LogP contribution in [-0.4, -0.2) is 36.9 Å². The second-order valence-corrected chi connectivity index (χ2v) is 6.49. The maximum atomic E-state index is 12.2. The topological polar surface area (TPSA) is 49.4 Å². The first kappa shape index (κ1) is 16.2. The minimum atomic E-state index is -0.00690. The van der Waals surface area contributed by atoms with E-state index in [1.807, 2.05) is 48.5 Å². The molecule has 1 fully saturated rings. The van der Waals surface area contributed by atoms with Crippen LogP contribution < -0.4 is 5.32 Å². The molecule has 2 amide bonds. The predicted molar refractivity (Wildman–Crippen MR) is 94.8 cm³/mol. The summed E-state index contributed by atoms with van der Waals surface area (Å²) in [5.74, 6) is 0.0778. The van der Waals surface area contributed by atoms with Gasteiger partial charge in [-0.05, 0) is 41.7 Å². The van der Waals surface area contributed by atoms with E-state index < -0.39 is 0 Å². The van der Waals surface area contributed by atoms with Crippen LogP contribution in [0.1, 0.15) is 28.8 Å². The molecule has 0 unspecified atom stereocenters. The van der Waals surface area contributed by atoms with Crippen molar-refractivity contribution in [2.75, 3.05) is 14.1 Å². The highest BCUT2D eigenvalue weighted by Crippen LogP contribution is 2.23. The van der Waals surface area contributed by atoms with Gasteiger partial charge in [-0.3, -0.25) is 9.59 Å². The highest BCUT2D eigenvalue weighted by atomic mass is 16.2. The van der Waals surface area contributed by atoms with Crippen molar-refractivity contribution >= 4 is 11.8 Å². The summed E-state index contributed by atoms with van der Waals surface area (Å²) in [7, 11) is 3.52. The molecule has 0 aliphatic heterocycles. The third-order valence-electron chi connectivity index (χ3n) is 4.18. The Morgan fingerprint density at radius 3 is 2.38 bits per heavy atom. The molecule has 4 heteroatoms. The minimum Gasteiger partial charge on any atom is -0.349 e. The number of carbonyl (C=O) groups is 2. The van der Waals surface area contributed by atoms with Gasteiger partial charge < -0.3 is 10.2 Å². The first-order valence-electron chi connectivity index (χ1n) is 8.23. The SMILES string of the molecule is CN(C)C(=O)Cc1ccc(-c2cccc(C(=O)NC3CC3)c2)cc1. The summed E-state index contributed by atoms with van der Waals surface area (Å²) in [5.41, 5.74) is 3.72. The normalized spacial score (nSPS) is 13.4. The molecule has 24 heavy (non-hydrogen) atoms. The van der Waals surface area contributed by atoms with E-state index in [0.29, 0.717) is 18.0 Å². The first-order valence-corrected chi connectivity index (χ1v) is 8.23. The maximum Gasteiger partial charge on any atom is 0.251 e. The van der Waals surface area contributed by atoms with E-state index in [1.54, 1.807) is 19.0 Å². The van der Waals surface area contributed by atoms with E-state index in [-0.39, 0.29) is 11.8 Å². The summed E-state index contributed by atoms with van der Waals surface area (Å²) in [6, 6.07) is 15.9. The van der Waals surface area contributed by atoms with Crippen molar-refractivity contribution in [3.8, 4) is 11.1 Å². The van der Waals surface area contributed by atoms with E-state index >= 15 is 0 Å². The number of carbonyl (C=O) groups excluding carboxylic acids is 2. The van der Waals surface area contributed by atoms with E-state index in [1.165, 1.54) is 0 Å². The van der Waals surface area contributed by atoms with Crippen LogP contribution in [0.3, 0.4) is 0 Å². The molecule has 3 rings (SSSR count). The molecule has 1 saturated carbocycles. The Morgan fingerprint density at radius 2 is 1.75 bits per heavy atom. The Balaban J connectivity index is 1.74. The van der Waals surface area contributed by atoms with E-state index in [2.05, 4.69) is 5.32 Å². The largest absolute Gasteiger partial charge is 0.349 e. The number of hydrogen-bond acceptors (Lipinski definition) is 2. The second-order valence-electron chi connectivity index (χ2n) is 6.49. The molecular weight excluding hydrogens is 300 g/mol. The molecule has 1 aliphatic rings. The molecule has 1 aliphatic carbocycles. The average Bonchev–Trinajstić information content (AvgIpc) is 3.39. The van der Waals surface area contributed by atoms with Gasteiger partial charge in [0.2, 0.25) is 5.91 Å². The lowest BCUT2D eigenvalue weighted by molar-refractivity contribution is -0.127. The molecule has 0 spiro atoms. The lowest BCUT2D eigenvalue weighted by Gasteiger charge is -2.10. The number of likely N-dealkylation sites (N-methyl/N-ethyl adjacent to an activating group) is 1. The van der Waals surface area contributed by atoms with Crippen molar-refractivity contribution in [1.29, 1.82) is 0 Å². The fraction of sp³-hybridized carbons (Fsp3) is 0.300. The van der Waals surface area contributed by atoms with Crippen molar-refractivity contribution in [3.05, 3.63) is 59.7 Å². The molecule has 1 N–H and O–H groups in total. The van der Waals surface area contributed by atoms with E-state index in [0.717, 1.165) is 29.5 Å². The molecule has 0 atom stereocenters. The lowest BCUT2D eigenvalue weighted by atomic mass is 10.0. The van der Waals surface area contributed by atoms with Gasteiger partial charge in [-0.15, -0.1) is 0 Å². The molecule has 4 nitrogen and oxygen atoms in total. The number of nitrogens with one attached hydrogen (secondary N) is 1. The Kier molecular flexibility index (Phi) is 4.65. The minimum absolute atomic E-state index is 0.00690. The molecule has 2 aromatic carbocycles. The monoisotopic (exact) mass is 322 g/mol. The van der Waals surface area contributed by atoms with E-state index in [9.17, 15) is 9.59 Å². The summed E-state index contributed by atoms with van der Waals surface area (Å²) in [6.45, 7) is 0. The van der Waals surface area contributed by atoms with Crippen molar-refractivity contribution in [1.82, 2.24) is 10.2 Å². The molecule has 124 valence electrons. The molecular formula is C20H22N2O2. The van der Waals surface area contributed by atoms with Gasteiger partial charge in [-0.2, -0.15) is 0 Å². The Bertz CT molecular complexity index is 746.